The molecule has 5 nitrogen and oxygen atoms in total. The second-order valence-corrected chi connectivity index (χ2v) is 7.00. The molecule has 3 rings (SSSR count). The van der Waals surface area contributed by atoms with Gasteiger partial charge in [-0.3, -0.25) is 9.59 Å². The van der Waals surface area contributed by atoms with Crippen LogP contribution in [0.1, 0.15) is 55.3 Å². The summed E-state index contributed by atoms with van der Waals surface area (Å²) in [6.07, 6.45) is 5.51. The van der Waals surface area contributed by atoms with Gasteiger partial charge in [-0.25, -0.2) is 0 Å². The highest BCUT2D eigenvalue weighted by molar-refractivity contribution is 5.94. The van der Waals surface area contributed by atoms with Gasteiger partial charge in [-0.2, -0.15) is 0 Å². The Bertz CT molecular complexity index is 574. The van der Waals surface area contributed by atoms with Gasteiger partial charge in [-0.05, 0) is 37.8 Å². The second-order valence-electron chi connectivity index (χ2n) is 7.00. The van der Waals surface area contributed by atoms with Gasteiger partial charge in [0.1, 0.15) is 5.60 Å². The van der Waals surface area contributed by atoms with Gasteiger partial charge >= 0.3 is 0 Å². The zero-order chi connectivity index (χ0) is 17.0. The summed E-state index contributed by atoms with van der Waals surface area (Å²) in [5.74, 6) is -0.179. The van der Waals surface area contributed by atoms with Crippen LogP contribution >= 0.6 is 0 Å². The SMILES string of the molecule is O=C(c1ccccc1)N1CCC(NC(=O)C2(O)CCCCC2)CC1. The predicted octanol–water partition coefficient (Wildman–Crippen LogP) is 2.10. The molecule has 2 amide bonds. The first-order valence-corrected chi connectivity index (χ1v) is 8.96. The Kier molecular flexibility index (Phi) is 5.19. The van der Waals surface area contributed by atoms with Crippen molar-refractivity contribution in [3.05, 3.63) is 35.9 Å². The highest BCUT2D eigenvalue weighted by Crippen LogP contribution is 2.28. The lowest BCUT2D eigenvalue weighted by Gasteiger charge is -2.36. The third-order valence-electron chi connectivity index (χ3n) is 5.24. The summed E-state index contributed by atoms with van der Waals surface area (Å²) < 4.78 is 0. The van der Waals surface area contributed by atoms with E-state index >= 15 is 0 Å². The lowest BCUT2D eigenvalue weighted by molar-refractivity contribution is -0.144. The van der Waals surface area contributed by atoms with Crippen molar-refractivity contribution in [1.82, 2.24) is 10.2 Å². The number of hydrogen-bond acceptors (Lipinski definition) is 3. The summed E-state index contributed by atoms with van der Waals surface area (Å²) in [4.78, 5) is 26.6. The Morgan fingerprint density at radius 3 is 2.29 bits per heavy atom. The predicted molar refractivity (Wildman–Crippen MR) is 91.5 cm³/mol. The molecule has 1 aromatic rings. The van der Waals surface area contributed by atoms with E-state index in [0.717, 1.165) is 32.1 Å². The molecule has 1 aliphatic heterocycles. The first-order chi connectivity index (χ1) is 11.6. The summed E-state index contributed by atoms with van der Waals surface area (Å²) >= 11 is 0. The molecule has 1 heterocycles. The number of aliphatic hydroxyl groups is 1. The molecule has 24 heavy (non-hydrogen) atoms. The Balaban J connectivity index is 1.50. The van der Waals surface area contributed by atoms with Crippen LogP contribution in [0.25, 0.3) is 0 Å². The Morgan fingerprint density at radius 1 is 1.04 bits per heavy atom. The van der Waals surface area contributed by atoms with Gasteiger partial charge in [0.2, 0.25) is 0 Å². The molecule has 1 saturated carbocycles. The average Bonchev–Trinajstić information content (AvgIpc) is 2.63. The molecule has 5 heteroatoms. The molecule has 0 atom stereocenters. The van der Waals surface area contributed by atoms with Crippen molar-refractivity contribution in [2.75, 3.05) is 13.1 Å². The Labute approximate surface area is 143 Å². The van der Waals surface area contributed by atoms with Gasteiger partial charge in [0.05, 0.1) is 0 Å². The van der Waals surface area contributed by atoms with Crippen molar-refractivity contribution in [3.63, 3.8) is 0 Å². The van der Waals surface area contributed by atoms with Crippen molar-refractivity contribution in [2.24, 2.45) is 0 Å². The first-order valence-electron chi connectivity index (χ1n) is 8.96. The highest BCUT2D eigenvalue weighted by Gasteiger charge is 2.38. The Hall–Kier alpha value is -1.88. The molecule has 2 fully saturated rings. The van der Waals surface area contributed by atoms with Crippen molar-refractivity contribution >= 4 is 11.8 Å². The molecule has 130 valence electrons. The van der Waals surface area contributed by atoms with Crippen LogP contribution in [0.5, 0.6) is 0 Å². The summed E-state index contributed by atoms with van der Waals surface area (Å²) in [6.45, 7) is 1.27. The van der Waals surface area contributed by atoms with Crippen LogP contribution in [0.2, 0.25) is 0 Å². The van der Waals surface area contributed by atoms with E-state index in [1.54, 1.807) is 0 Å². The van der Waals surface area contributed by atoms with Crippen LogP contribution in [0.3, 0.4) is 0 Å². The summed E-state index contributed by atoms with van der Waals surface area (Å²) in [5.41, 5.74) is -0.480. The fraction of sp³-hybridized carbons (Fsp3) is 0.579. The molecule has 0 spiro atoms. The Morgan fingerprint density at radius 2 is 1.67 bits per heavy atom. The molecule has 0 aromatic heterocycles. The molecular weight excluding hydrogens is 304 g/mol. The van der Waals surface area contributed by atoms with E-state index in [1.165, 1.54) is 0 Å². The first kappa shape index (κ1) is 17.0. The molecule has 0 unspecified atom stereocenters. The van der Waals surface area contributed by atoms with Crippen molar-refractivity contribution in [3.8, 4) is 0 Å². The van der Waals surface area contributed by atoms with Crippen LogP contribution in [0, 0.1) is 0 Å². The van der Waals surface area contributed by atoms with Gasteiger partial charge in [-0.1, -0.05) is 37.5 Å². The van der Waals surface area contributed by atoms with Crippen LogP contribution in [-0.2, 0) is 4.79 Å². The van der Waals surface area contributed by atoms with Crippen LogP contribution < -0.4 is 5.32 Å². The molecule has 1 saturated heterocycles. The zero-order valence-corrected chi connectivity index (χ0v) is 14.0. The minimum atomic E-state index is -1.19. The summed E-state index contributed by atoms with van der Waals surface area (Å²) in [6, 6.07) is 9.33. The number of nitrogens with one attached hydrogen (secondary N) is 1. The molecule has 1 aliphatic carbocycles. The highest BCUT2D eigenvalue weighted by atomic mass is 16.3. The quantitative estimate of drug-likeness (QED) is 0.892. The number of hydrogen-bond donors (Lipinski definition) is 2. The number of piperidine rings is 1. The monoisotopic (exact) mass is 330 g/mol. The van der Waals surface area contributed by atoms with Crippen LogP contribution in [-0.4, -0.2) is 46.6 Å². The third kappa shape index (κ3) is 3.78. The number of nitrogens with zero attached hydrogens (tertiary/aromatic N) is 1. The van der Waals surface area contributed by atoms with Crippen molar-refractivity contribution < 1.29 is 14.7 Å². The fourth-order valence-electron chi connectivity index (χ4n) is 3.67. The molecule has 2 aliphatic rings. The van der Waals surface area contributed by atoms with Crippen molar-refractivity contribution in [1.29, 1.82) is 0 Å². The van der Waals surface area contributed by atoms with E-state index in [0.29, 0.717) is 31.5 Å². The second kappa shape index (κ2) is 7.34. The lowest BCUT2D eigenvalue weighted by atomic mass is 9.84. The molecule has 0 bridgehead atoms. The number of amides is 2. The normalized spacial score (nSPS) is 21.3. The van der Waals surface area contributed by atoms with Gasteiger partial charge in [0, 0.05) is 24.7 Å². The van der Waals surface area contributed by atoms with E-state index in [2.05, 4.69) is 5.32 Å². The van der Waals surface area contributed by atoms with Gasteiger partial charge < -0.3 is 15.3 Å². The van der Waals surface area contributed by atoms with Gasteiger partial charge in [0.15, 0.2) is 0 Å². The third-order valence-corrected chi connectivity index (χ3v) is 5.24. The molecule has 1 aromatic carbocycles. The van der Waals surface area contributed by atoms with Gasteiger partial charge in [0.25, 0.3) is 11.8 Å². The van der Waals surface area contributed by atoms with E-state index < -0.39 is 5.60 Å². The van der Waals surface area contributed by atoms with E-state index in [-0.39, 0.29) is 17.9 Å². The maximum atomic E-state index is 12.4. The standard InChI is InChI=1S/C19H26N2O3/c22-17(15-7-3-1-4-8-15)21-13-9-16(10-14-21)20-18(23)19(24)11-5-2-6-12-19/h1,3-4,7-8,16,24H,2,5-6,9-14H2,(H,20,23). The molecule has 2 N–H and O–H groups in total. The largest absolute Gasteiger partial charge is 0.380 e. The zero-order valence-electron chi connectivity index (χ0n) is 14.0. The van der Waals surface area contributed by atoms with E-state index in [9.17, 15) is 14.7 Å². The maximum absolute atomic E-state index is 12.4. The fourth-order valence-corrected chi connectivity index (χ4v) is 3.67. The number of carbonyl (C=O) groups excluding carboxylic acids is 2. The topological polar surface area (TPSA) is 69.6 Å². The van der Waals surface area contributed by atoms with Crippen LogP contribution in [0.15, 0.2) is 30.3 Å². The number of rotatable bonds is 3. The molecule has 0 radical (unpaired) electrons. The number of likely N-dealkylation sites (tertiary alicyclic amines) is 1. The number of carbonyl (C=O) groups is 2. The smallest absolute Gasteiger partial charge is 0.253 e. The van der Waals surface area contributed by atoms with Crippen molar-refractivity contribution in [2.45, 2.75) is 56.6 Å². The minimum absolute atomic E-state index is 0.0447. The summed E-state index contributed by atoms with van der Waals surface area (Å²) in [7, 11) is 0. The maximum Gasteiger partial charge on any atom is 0.253 e. The van der Waals surface area contributed by atoms with E-state index in [4.69, 9.17) is 0 Å². The minimum Gasteiger partial charge on any atom is -0.380 e. The average molecular weight is 330 g/mol. The lowest BCUT2D eigenvalue weighted by Crippen LogP contribution is -2.54. The van der Waals surface area contributed by atoms with Crippen LogP contribution in [0.4, 0.5) is 0 Å². The summed E-state index contributed by atoms with van der Waals surface area (Å²) in [5, 5.41) is 13.5. The molecular formula is C19H26N2O3. The van der Waals surface area contributed by atoms with E-state index in [1.807, 2.05) is 35.2 Å². The number of benzene rings is 1. The van der Waals surface area contributed by atoms with Gasteiger partial charge in [-0.15, -0.1) is 0 Å².